The van der Waals surface area contributed by atoms with Gasteiger partial charge in [0.1, 0.15) is 40.6 Å². The van der Waals surface area contributed by atoms with E-state index in [0.717, 1.165) is 31.5 Å². The van der Waals surface area contributed by atoms with Gasteiger partial charge in [0.25, 0.3) is 0 Å². The summed E-state index contributed by atoms with van der Waals surface area (Å²) in [5, 5.41) is 31.2. The van der Waals surface area contributed by atoms with Crippen LogP contribution in [0.2, 0.25) is 0 Å². The predicted molar refractivity (Wildman–Crippen MR) is 198 cm³/mol. The van der Waals surface area contributed by atoms with E-state index in [2.05, 4.69) is 60.2 Å². The monoisotopic (exact) mass is 772 g/mol. The Bertz CT molecular complexity index is 2050. The molecule has 7 rings (SSSR count). The molecule has 1 aliphatic carbocycles. The fourth-order valence-electron chi connectivity index (χ4n) is 8.56. The van der Waals surface area contributed by atoms with Gasteiger partial charge in [0, 0.05) is 53.8 Å². The van der Waals surface area contributed by atoms with Crippen LogP contribution in [0.4, 0.5) is 5.82 Å². The fourth-order valence-corrected chi connectivity index (χ4v) is 8.87. The summed E-state index contributed by atoms with van der Waals surface area (Å²) < 4.78 is 2.05. The quantitative estimate of drug-likeness (QED) is 0.197. The Morgan fingerprint density at radius 3 is 2.54 bits per heavy atom. The van der Waals surface area contributed by atoms with E-state index in [9.17, 15) is 24.6 Å². The second kappa shape index (κ2) is 14.0. The number of pyridine rings is 1. The number of halogens is 1. The third kappa shape index (κ3) is 6.54. The van der Waals surface area contributed by atoms with E-state index < -0.39 is 18.2 Å². The molecule has 1 saturated carbocycles. The molecule has 274 valence electrons. The van der Waals surface area contributed by atoms with E-state index >= 15 is 0 Å². The number of anilines is 1. The zero-order valence-corrected chi connectivity index (χ0v) is 31.7. The molecule has 3 unspecified atom stereocenters. The normalized spacial score (nSPS) is 27.0. The van der Waals surface area contributed by atoms with Gasteiger partial charge < -0.3 is 25.3 Å². The van der Waals surface area contributed by atoms with E-state index in [1.54, 1.807) is 36.4 Å². The van der Waals surface area contributed by atoms with Gasteiger partial charge >= 0.3 is 0 Å². The number of ketones is 1. The summed E-state index contributed by atoms with van der Waals surface area (Å²) in [5.41, 5.74) is 2.70. The van der Waals surface area contributed by atoms with Crippen LogP contribution in [0.1, 0.15) is 79.5 Å². The van der Waals surface area contributed by atoms with Crippen LogP contribution in [0, 0.1) is 25.2 Å². The number of piperidine rings is 1. The number of carbonyl (C=O) groups is 3. The molecule has 13 nitrogen and oxygen atoms in total. The molecule has 14 heteroatoms. The number of benzene rings is 1. The van der Waals surface area contributed by atoms with Crippen LogP contribution in [0.25, 0.3) is 22.0 Å². The Kier molecular flexibility index (Phi) is 9.78. The number of hydrogen-bond acceptors (Lipinski definition) is 10. The first-order chi connectivity index (χ1) is 24.8. The lowest BCUT2D eigenvalue weighted by Gasteiger charge is -2.29. The van der Waals surface area contributed by atoms with E-state index in [4.69, 9.17) is 0 Å². The Balaban J connectivity index is 1.34. The number of aliphatic hydroxyl groups excluding tert-OH is 2. The van der Waals surface area contributed by atoms with Crippen molar-refractivity contribution in [2.75, 3.05) is 25.5 Å². The second-order valence-corrected chi connectivity index (χ2v) is 15.7. The molecule has 1 saturated heterocycles. The molecule has 0 spiro atoms. The van der Waals surface area contributed by atoms with Gasteiger partial charge in [-0.2, -0.15) is 5.10 Å². The van der Waals surface area contributed by atoms with E-state index in [-0.39, 0.29) is 47.2 Å². The predicted octanol–water partition coefficient (Wildman–Crippen LogP) is 4.61. The summed E-state index contributed by atoms with van der Waals surface area (Å²) >= 11 is 3.40. The largest absolute Gasteiger partial charge is 0.390 e. The number of amides is 2. The minimum atomic E-state index is -1.33. The number of nitrogens with one attached hydrogen (secondary N) is 1. The highest BCUT2D eigenvalue weighted by Crippen LogP contribution is 2.64. The first-order valence-electron chi connectivity index (χ1n) is 17.9. The Morgan fingerprint density at radius 1 is 1.06 bits per heavy atom. The first-order valence-corrected chi connectivity index (χ1v) is 18.7. The van der Waals surface area contributed by atoms with Gasteiger partial charge in [-0.15, -0.1) is 0 Å². The number of aliphatic hydroxyl groups is 2. The number of aromatic nitrogens is 5. The van der Waals surface area contributed by atoms with Crippen LogP contribution in [-0.2, 0) is 16.1 Å². The molecule has 1 aromatic carbocycles. The van der Waals surface area contributed by atoms with Crippen LogP contribution < -0.4 is 5.32 Å². The third-order valence-corrected chi connectivity index (χ3v) is 11.8. The highest BCUT2D eigenvalue weighted by molar-refractivity contribution is 9.10. The highest BCUT2D eigenvalue weighted by atomic mass is 79.9. The standard InChI is InChI=1S/C38H45BrN8O5/c1-20-10-11-30(39)42-36(20)43-37(52)28-15-38-19-45(5)12-8-6-7-9-29(49)34(51)27-14-24(25-16-40-23(4)41-17-25)13-26-32(22(3)48)44-46(33(26)27)18-31(50)47(28)35(38)21(38)2/h10-11,13-14,16-17,21,28-29,34-35,49,51H,6-9,12,15,18-19H2,1-5H3,(H,42,43,52)/t21-,28-,29?,34?,35?,38+/m0/s1. The molecule has 2 aliphatic heterocycles. The van der Waals surface area contributed by atoms with Crippen molar-refractivity contribution in [2.45, 2.75) is 90.6 Å². The summed E-state index contributed by atoms with van der Waals surface area (Å²) in [7, 11) is 2.08. The molecule has 5 heterocycles. The lowest BCUT2D eigenvalue weighted by molar-refractivity contribution is -0.139. The van der Waals surface area contributed by atoms with Crippen molar-refractivity contribution in [3.63, 3.8) is 0 Å². The maximum absolute atomic E-state index is 14.7. The molecule has 2 bridgehead atoms. The minimum absolute atomic E-state index is 0.137. The molecule has 3 N–H and O–H groups in total. The lowest BCUT2D eigenvalue weighted by Crippen LogP contribution is -2.47. The minimum Gasteiger partial charge on any atom is -0.390 e. The van der Waals surface area contributed by atoms with Crippen molar-refractivity contribution in [2.24, 2.45) is 11.3 Å². The van der Waals surface area contributed by atoms with Crippen LogP contribution in [0.5, 0.6) is 0 Å². The van der Waals surface area contributed by atoms with Gasteiger partial charge in [0.05, 0.1) is 11.6 Å². The van der Waals surface area contributed by atoms with Gasteiger partial charge in [-0.1, -0.05) is 25.8 Å². The molecular weight excluding hydrogens is 728 g/mol. The summed E-state index contributed by atoms with van der Waals surface area (Å²) in [4.78, 5) is 59.1. The average Bonchev–Trinajstić information content (AvgIpc) is 3.36. The number of carbonyl (C=O) groups excluding carboxylic acids is 3. The molecule has 52 heavy (non-hydrogen) atoms. The maximum atomic E-state index is 14.7. The maximum Gasteiger partial charge on any atom is 0.248 e. The Labute approximate surface area is 311 Å². The van der Waals surface area contributed by atoms with Gasteiger partial charge in [-0.25, -0.2) is 15.0 Å². The van der Waals surface area contributed by atoms with Crippen LogP contribution in [0.15, 0.2) is 41.3 Å². The number of nitrogens with zero attached hydrogens (tertiary/aromatic N) is 7. The molecule has 3 aliphatic rings. The van der Waals surface area contributed by atoms with Crippen molar-refractivity contribution >= 4 is 50.2 Å². The average molecular weight is 774 g/mol. The molecule has 2 amide bonds. The zero-order chi connectivity index (χ0) is 37.1. The highest BCUT2D eigenvalue weighted by Gasteiger charge is 2.72. The SMILES string of the molecule is CC(=O)c1nn2c3c(cc(-c4cnc(C)nc4)cc13)C(O)C(O)CCCCCN(C)C[C@@]13C[C@@H](C(=O)Nc4nc(Br)ccc4C)N(C(=O)C2)C1[C@@H]3C. The van der Waals surface area contributed by atoms with Crippen molar-refractivity contribution in [1.82, 2.24) is 34.5 Å². The Morgan fingerprint density at radius 2 is 1.81 bits per heavy atom. The first kappa shape index (κ1) is 36.3. The number of Topliss-reactive ketones (excluding diaryl/α,β-unsaturated/α-hetero) is 1. The number of rotatable bonds is 4. The lowest BCUT2D eigenvalue weighted by atomic mass is 9.93. The van der Waals surface area contributed by atoms with Gasteiger partial charge in [0.15, 0.2) is 5.78 Å². The van der Waals surface area contributed by atoms with Gasteiger partial charge in [0.2, 0.25) is 11.8 Å². The second-order valence-electron chi connectivity index (χ2n) is 14.9. The molecule has 2 fully saturated rings. The third-order valence-electron chi connectivity index (χ3n) is 11.4. The van der Waals surface area contributed by atoms with Crippen molar-refractivity contribution < 1.29 is 24.6 Å². The van der Waals surface area contributed by atoms with E-state index in [0.29, 0.717) is 63.1 Å². The van der Waals surface area contributed by atoms with Crippen LogP contribution >= 0.6 is 15.9 Å². The number of hydrogen-bond donors (Lipinski definition) is 3. The topological polar surface area (TPSA) is 167 Å². The van der Waals surface area contributed by atoms with Crippen molar-refractivity contribution in [1.29, 1.82) is 0 Å². The van der Waals surface area contributed by atoms with Crippen LogP contribution in [0.3, 0.4) is 0 Å². The van der Waals surface area contributed by atoms with E-state index in [1.165, 1.54) is 11.6 Å². The van der Waals surface area contributed by atoms with Crippen molar-refractivity contribution in [3.05, 3.63) is 63.9 Å². The molecular formula is C38H45BrN8O5. The zero-order valence-electron chi connectivity index (χ0n) is 30.1. The summed E-state index contributed by atoms with van der Waals surface area (Å²) in [6.07, 6.45) is 4.25. The molecule has 4 aromatic rings. The van der Waals surface area contributed by atoms with Gasteiger partial charge in [-0.3, -0.25) is 19.1 Å². The van der Waals surface area contributed by atoms with Crippen molar-refractivity contribution in [3.8, 4) is 11.1 Å². The summed E-state index contributed by atoms with van der Waals surface area (Å²) in [5.74, 6) is 0.247. The molecule has 6 atom stereocenters. The van der Waals surface area contributed by atoms with E-state index in [1.807, 2.05) is 19.1 Å². The summed E-state index contributed by atoms with van der Waals surface area (Å²) in [6.45, 7) is 8.50. The molecule has 3 aromatic heterocycles. The number of aryl methyl sites for hydroxylation is 2. The van der Waals surface area contributed by atoms with Gasteiger partial charge in [-0.05, 0) is 97.9 Å². The smallest absolute Gasteiger partial charge is 0.248 e. The van der Waals surface area contributed by atoms with Crippen LogP contribution in [-0.4, -0.2) is 101 Å². The molecule has 0 radical (unpaired) electrons. The summed E-state index contributed by atoms with van der Waals surface area (Å²) in [6, 6.07) is 6.30. The Hall–Kier alpha value is -4.11. The fraction of sp³-hybridized carbons (Fsp3) is 0.500.